The second kappa shape index (κ2) is 6.04. The van der Waals surface area contributed by atoms with E-state index in [-0.39, 0.29) is 10.7 Å². The molecule has 8 heteroatoms. The summed E-state index contributed by atoms with van der Waals surface area (Å²) in [6, 6.07) is 11.0. The van der Waals surface area contributed by atoms with Gasteiger partial charge >= 0.3 is 0 Å². The van der Waals surface area contributed by atoms with Crippen molar-refractivity contribution in [2.24, 2.45) is 4.99 Å². The Morgan fingerprint density at radius 3 is 2.71 bits per heavy atom. The molecule has 1 aliphatic heterocycles. The molecule has 1 heterocycles. The van der Waals surface area contributed by atoms with E-state index in [2.05, 4.69) is 15.0 Å². The maximum atomic E-state index is 13.1. The second-order valence-electron chi connectivity index (χ2n) is 5.25. The van der Waals surface area contributed by atoms with E-state index in [1.807, 2.05) is 0 Å². The Kier molecular flexibility index (Phi) is 4.06. The van der Waals surface area contributed by atoms with Crippen molar-refractivity contribution < 1.29 is 17.6 Å². The Bertz CT molecular complexity index is 941. The fourth-order valence-electron chi connectivity index (χ4n) is 2.29. The number of hydrogen-bond acceptors (Lipinski definition) is 4. The zero-order chi connectivity index (χ0) is 17.3. The van der Waals surface area contributed by atoms with E-state index in [4.69, 9.17) is 0 Å². The van der Waals surface area contributed by atoms with Crippen LogP contribution in [0.25, 0.3) is 0 Å². The minimum atomic E-state index is -3.65. The lowest BCUT2D eigenvalue weighted by atomic mass is 10.2. The number of fused-ring (bicyclic) bond motifs is 1. The molecule has 0 saturated heterocycles. The minimum Gasteiger partial charge on any atom is -0.324 e. The molecule has 1 amide bonds. The number of carbonyl (C=O) groups is 1. The highest BCUT2D eigenvalue weighted by Gasteiger charge is 2.31. The smallest absolute Gasteiger partial charge is 0.263 e. The highest BCUT2D eigenvalue weighted by atomic mass is 32.2. The van der Waals surface area contributed by atoms with Crippen molar-refractivity contribution in [3.05, 3.63) is 59.9 Å². The van der Waals surface area contributed by atoms with Crippen LogP contribution in [0.2, 0.25) is 0 Å². The number of hydrogen-bond donors (Lipinski definition) is 2. The van der Waals surface area contributed by atoms with Crippen LogP contribution >= 0.6 is 0 Å². The van der Waals surface area contributed by atoms with Gasteiger partial charge in [0.05, 0.1) is 4.90 Å². The van der Waals surface area contributed by atoms with Gasteiger partial charge in [0, 0.05) is 11.3 Å². The van der Waals surface area contributed by atoms with Gasteiger partial charge in [-0.25, -0.2) is 12.8 Å². The van der Waals surface area contributed by atoms with Crippen molar-refractivity contribution in [3.63, 3.8) is 0 Å². The molecule has 0 radical (unpaired) electrons. The molecule has 0 aliphatic carbocycles. The van der Waals surface area contributed by atoms with E-state index in [1.165, 1.54) is 31.2 Å². The summed E-state index contributed by atoms with van der Waals surface area (Å²) in [5.74, 6) is -0.826. The van der Waals surface area contributed by atoms with Crippen LogP contribution in [0.3, 0.4) is 0 Å². The van der Waals surface area contributed by atoms with Crippen molar-refractivity contribution in [1.29, 1.82) is 0 Å². The average molecular weight is 347 g/mol. The van der Waals surface area contributed by atoms with Gasteiger partial charge in [0.25, 0.3) is 10.0 Å². The largest absolute Gasteiger partial charge is 0.324 e. The SMILES string of the molecule is C[C@H](N=C1NS(=O)(=O)c2ccccc21)C(=O)Nc1cccc(F)c1. The van der Waals surface area contributed by atoms with Crippen LogP contribution in [0.15, 0.2) is 58.4 Å². The first-order valence-electron chi connectivity index (χ1n) is 7.13. The van der Waals surface area contributed by atoms with E-state index in [9.17, 15) is 17.6 Å². The number of carbonyl (C=O) groups excluding carboxylic acids is 1. The second-order valence-corrected chi connectivity index (χ2v) is 6.91. The van der Waals surface area contributed by atoms with Gasteiger partial charge in [0.15, 0.2) is 0 Å². The molecule has 2 aromatic rings. The average Bonchev–Trinajstić information content (AvgIpc) is 2.78. The molecule has 124 valence electrons. The van der Waals surface area contributed by atoms with Gasteiger partial charge in [-0.3, -0.25) is 14.5 Å². The fourth-order valence-corrected chi connectivity index (χ4v) is 3.53. The maximum Gasteiger partial charge on any atom is 0.263 e. The predicted octanol–water partition coefficient (Wildman–Crippen LogP) is 1.89. The number of halogens is 1. The number of amides is 1. The molecule has 0 aromatic heterocycles. The van der Waals surface area contributed by atoms with Crippen molar-refractivity contribution in [1.82, 2.24) is 4.72 Å². The number of benzene rings is 2. The number of rotatable bonds is 3. The highest BCUT2D eigenvalue weighted by Crippen LogP contribution is 2.22. The predicted molar refractivity (Wildman–Crippen MR) is 87.8 cm³/mol. The monoisotopic (exact) mass is 347 g/mol. The number of amidine groups is 1. The van der Waals surface area contributed by atoms with Crippen LogP contribution in [0.4, 0.5) is 10.1 Å². The first kappa shape index (κ1) is 16.1. The topological polar surface area (TPSA) is 87.6 Å². The van der Waals surface area contributed by atoms with E-state index in [0.717, 1.165) is 0 Å². The van der Waals surface area contributed by atoms with Crippen LogP contribution in [-0.4, -0.2) is 26.2 Å². The third-order valence-corrected chi connectivity index (χ3v) is 4.85. The Balaban J connectivity index is 1.83. The molecule has 24 heavy (non-hydrogen) atoms. The molecule has 0 unspecified atom stereocenters. The minimum absolute atomic E-state index is 0.118. The van der Waals surface area contributed by atoms with Gasteiger partial charge in [0.2, 0.25) is 5.91 Å². The number of nitrogens with zero attached hydrogens (tertiary/aromatic N) is 1. The van der Waals surface area contributed by atoms with Crippen LogP contribution < -0.4 is 10.0 Å². The van der Waals surface area contributed by atoms with E-state index < -0.39 is 27.8 Å². The van der Waals surface area contributed by atoms with Gasteiger partial charge < -0.3 is 5.32 Å². The van der Waals surface area contributed by atoms with Crippen LogP contribution in [0.5, 0.6) is 0 Å². The molecule has 0 spiro atoms. The standard InChI is InChI=1S/C16H14FN3O3S/c1-10(16(21)19-12-6-4-5-11(17)9-12)18-15-13-7-2-3-8-14(13)24(22,23)20-15/h2-10H,1H3,(H,18,20)(H,19,21)/t10-/m0/s1. The Morgan fingerprint density at radius 1 is 1.21 bits per heavy atom. The van der Waals surface area contributed by atoms with E-state index >= 15 is 0 Å². The molecule has 2 N–H and O–H groups in total. The molecule has 3 rings (SSSR count). The zero-order valence-corrected chi connectivity index (χ0v) is 13.5. The fraction of sp³-hybridized carbons (Fsp3) is 0.125. The molecular weight excluding hydrogens is 333 g/mol. The number of sulfonamides is 1. The van der Waals surface area contributed by atoms with Gasteiger partial charge in [0.1, 0.15) is 17.7 Å². The first-order valence-corrected chi connectivity index (χ1v) is 8.61. The van der Waals surface area contributed by atoms with Gasteiger partial charge in [-0.15, -0.1) is 0 Å². The van der Waals surface area contributed by atoms with Gasteiger partial charge in [-0.2, -0.15) is 0 Å². The molecule has 2 aromatic carbocycles. The lowest BCUT2D eigenvalue weighted by Gasteiger charge is -2.09. The quantitative estimate of drug-likeness (QED) is 0.889. The molecule has 1 aliphatic rings. The molecule has 6 nitrogen and oxygen atoms in total. The Labute approximate surface area is 138 Å². The number of aliphatic imine (C=N–C) groups is 1. The summed E-state index contributed by atoms with van der Waals surface area (Å²) in [4.78, 5) is 16.4. The van der Waals surface area contributed by atoms with Crippen molar-refractivity contribution in [3.8, 4) is 0 Å². The Morgan fingerprint density at radius 2 is 1.96 bits per heavy atom. The summed E-state index contributed by atoms with van der Waals surface area (Å²) < 4.78 is 39.5. The van der Waals surface area contributed by atoms with Gasteiger partial charge in [-0.05, 0) is 37.3 Å². The lowest BCUT2D eigenvalue weighted by Crippen LogP contribution is -2.28. The molecule has 0 fully saturated rings. The van der Waals surface area contributed by atoms with Gasteiger partial charge in [-0.1, -0.05) is 18.2 Å². The van der Waals surface area contributed by atoms with Crippen LogP contribution in [-0.2, 0) is 14.8 Å². The summed E-state index contributed by atoms with van der Waals surface area (Å²) in [7, 11) is -3.65. The van der Waals surface area contributed by atoms with Crippen LogP contribution in [0.1, 0.15) is 12.5 Å². The summed E-state index contributed by atoms with van der Waals surface area (Å²) >= 11 is 0. The molecule has 1 atom stereocenters. The summed E-state index contributed by atoms with van der Waals surface area (Å²) in [5.41, 5.74) is 0.724. The third kappa shape index (κ3) is 3.13. The van der Waals surface area contributed by atoms with Crippen molar-refractivity contribution >= 4 is 27.5 Å². The number of nitrogens with one attached hydrogen (secondary N) is 2. The first-order chi connectivity index (χ1) is 11.4. The molecular formula is C16H14FN3O3S. The molecule has 0 bridgehead atoms. The van der Waals surface area contributed by atoms with E-state index in [0.29, 0.717) is 11.3 Å². The van der Waals surface area contributed by atoms with Crippen molar-refractivity contribution in [2.45, 2.75) is 17.9 Å². The summed E-state index contributed by atoms with van der Waals surface area (Å²) in [5, 5.41) is 2.54. The lowest BCUT2D eigenvalue weighted by molar-refractivity contribution is -0.117. The van der Waals surface area contributed by atoms with E-state index in [1.54, 1.807) is 24.3 Å². The zero-order valence-electron chi connectivity index (χ0n) is 12.7. The Hall–Kier alpha value is -2.74. The van der Waals surface area contributed by atoms with Crippen LogP contribution in [0, 0.1) is 5.82 Å². The summed E-state index contributed by atoms with van der Waals surface area (Å²) in [6.45, 7) is 1.52. The number of anilines is 1. The highest BCUT2D eigenvalue weighted by molar-refractivity contribution is 7.90. The third-order valence-electron chi connectivity index (χ3n) is 3.46. The summed E-state index contributed by atoms with van der Waals surface area (Å²) in [6.07, 6.45) is 0. The normalized spacial score (nSPS) is 17.8. The molecule has 0 saturated carbocycles. The maximum absolute atomic E-state index is 13.1. The van der Waals surface area contributed by atoms with Crippen molar-refractivity contribution in [2.75, 3.05) is 5.32 Å².